The first-order valence-corrected chi connectivity index (χ1v) is 6.50. The number of carbonyl (C=O) groups excluding carboxylic acids is 1. The van der Waals surface area contributed by atoms with Gasteiger partial charge in [-0.3, -0.25) is 5.32 Å². The Morgan fingerprint density at radius 2 is 2.30 bits per heavy atom. The van der Waals surface area contributed by atoms with Crippen molar-refractivity contribution in [2.24, 2.45) is 0 Å². The van der Waals surface area contributed by atoms with Gasteiger partial charge >= 0.3 is 6.03 Å². The van der Waals surface area contributed by atoms with Crippen LogP contribution in [-0.4, -0.2) is 35.1 Å². The number of nitrogens with one attached hydrogen (secondary N) is 1. The summed E-state index contributed by atoms with van der Waals surface area (Å²) in [6.45, 7) is 0.347. The first kappa shape index (κ1) is 14.3. The molecule has 2 heterocycles. The lowest BCUT2D eigenvalue weighted by molar-refractivity contribution is 0.216. The van der Waals surface area contributed by atoms with Crippen molar-refractivity contribution >= 4 is 27.8 Å². The van der Waals surface area contributed by atoms with Gasteiger partial charge in [0.05, 0.1) is 13.7 Å². The summed E-state index contributed by atoms with van der Waals surface area (Å²) in [4.78, 5) is 21.3. The zero-order chi connectivity index (χ0) is 14.5. The fourth-order valence-corrected chi connectivity index (χ4v) is 1.81. The van der Waals surface area contributed by atoms with Gasteiger partial charge in [0.15, 0.2) is 4.67 Å². The van der Waals surface area contributed by atoms with Crippen molar-refractivity contribution in [1.82, 2.24) is 14.9 Å². The summed E-state index contributed by atoms with van der Waals surface area (Å²) in [5.74, 6) is 1.43. The van der Waals surface area contributed by atoms with Crippen LogP contribution in [0.4, 0.5) is 10.6 Å². The maximum Gasteiger partial charge on any atom is 0.323 e. The second-order valence-corrected chi connectivity index (χ2v) is 4.72. The number of anilines is 1. The van der Waals surface area contributed by atoms with Crippen LogP contribution < -0.4 is 10.1 Å². The number of nitrogens with zero attached hydrogens (tertiary/aromatic N) is 3. The van der Waals surface area contributed by atoms with Crippen molar-refractivity contribution in [3.05, 3.63) is 35.0 Å². The highest BCUT2D eigenvalue weighted by Gasteiger charge is 2.12. The number of ether oxygens (including phenoxy) is 1. The molecule has 0 aliphatic heterocycles. The Balaban J connectivity index is 1.96. The predicted molar refractivity (Wildman–Crippen MR) is 75.5 cm³/mol. The molecule has 2 aromatic heterocycles. The lowest BCUT2D eigenvalue weighted by Gasteiger charge is -2.16. The number of carbonyl (C=O) groups is 1. The van der Waals surface area contributed by atoms with Gasteiger partial charge in [-0.2, -0.15) is 0 Å². The largest absolute Gasteiger partial charge is 0.481 e. The Kier molecular flexibility index (Phi) is 4.57. The van der Waals surface area contributed by atoms with Gasteiger partial charge in [-0.05, 0) is 28.1 Å². The summed E-state index contributed by atoms with van der Waals surface area (Å²) in [5, 5.41) is 2.65. The van der Waals surface area contributed by atoms with Crippen molar-refractivity contribution in [3.63, 3.8) is 0 Å². The average Bonchev–Trinajstić information content (AvgIpc) is 2.84. The number of aromatic nitrogens is 2. The van der Waals surface area contributed by atoms with E-state index in [0.717, 1.165) is 0 Å². The van der Waals surface area contributed by atoms with E-state index >= 15 is 0 Å². The molecule has 0 aliphatic rings. The molecule has 0 aromatic carbocycles. The number of amides is 2. The van der Waals surface area contributed by atoms with Crippen LogP contribution in [-0.2, 0) is 6.54 Å². The molecule has 0 atom stereocenters. The number of urea groups is 1. The van der Waals surface area contributed by atoms with Crippen LogP contribution in [0.3, 0.4) is 0 Å². The minimum Gasteiger partial charge on any atom is -0.481 e. The Hall–Kier alpha value is -2.09. The number of hydrogen-bond acceptors (Lipinski definition) is 5. The van der Waals surface area contributed by atoms with E-state index in [2.05, 4.69) is 31.2 Å². The predicted octanol–water partition coefficient (Wildman–Crippen LogP) is 2.50. The maximum atomic E-state index is 12.0. The zero-order valence-electron chi connectivity index (χ0n) is 11.0. The Morgan fingerprint density at radius 3 is 2.95 bits per heavy atom. The normalized spacial score (nSPS) is 10.2. The van der Waals surface area contributed by atoms with E-state index in [9.17, 15) is 4.79 Å². The first-order valence-electron chi connectivity index (χ1n) is 5.71. The minimum atomic E-state index is -0.307. The van der Waals surface area contributed by atoms with E-state index < -0.39 is 0 Å². The highest BCUT2D eigenvalue weighted by Crippen LogP contribution is 2.16. The lowest BCUT2D eigenvalue weighted by Crippen LogP contribution is -2.31. The maximum absolute atomic E-state index is 12.0. The molecule has 2 amide bonds. The molecule has 0 fully saturated rings. The van der Waals surface area contributed by atoms with Gasteiger partial charge in [0.1, 0.15) is 17.9 Å². The standard InChI is InChI=1S/C12H13BrN4O3/c1-17(6-8-3-4-9(13)20-8)12(18)16-10-5-11(19-2)15-7-14-10/h3-5,7H,6H2,1-2H3,(H,14,15,16,18). The van der Waals surface area contributed by atoms with Gasteiger partial charge in [-0.25, -0.2) is 14.8 Å². The molecule has 106 valence electrons. The average molecular weight is 341 g/mol. The molecule has 2 aromatic rings. The van der Waals surface area contributed by atoms with E-state index in [1.807, 2.05) is 0 Å². The van der Waals surface area contributed by atoms with Crippen LogP contribution in [0.2, 0.25) is 0 Å². The zero-order valence-corrected chi connectivity index (χ0v) is 12.5. The molecule has 2 rings (SSSR count). The molecule has 0 unspecified atom stereocenters. The quantitative estimate of drug-likeness (QED) is 0.924. The van der Waals surface area contributed by atoms with Crippen LogP contribution >= 0.6 is 15.9 Å². The molecule has 1 N–H and O–H groups in total. The van der Waals surface area contributed by atoms with Crippen molar-refractivity contribution in [3.8, 4) is 5.88 Å². The number of rotatable bonds is 4. The van der Waals surface area contributed by atoms with E-state index in [-0.39, 0.29) is 6.03 Å². The van der Waals surface area contributed by atoms with Crippen molar-refractivity contribution < 1.29 is 13.9 Å². The molecule has 0 radical (unpaired) electrons. The number of methoxy groups -OCH3 is 1. The molecular weight excluding hydrogens is 328 g/mol. The van der Waals surface area contributed by atoms with Crippen molar-refractivity contribution in [1.29, 1.82) is 0 Å². The Labute approximate surface area is 124 Å². The smallest absolute Gasteiger partial charge is 0.323 e. The van der Waals surface area contributed by atoms with E-state index in [4.69, 9.17) is 9.15 Å². The monoisotopic (exact) mass is 340 g/mol. The van der Waals surface area contributed by atoms with Crippen LogP contribution in [0.1, 0.15) is 5.76 Å². The van der Waals surface area contributed by atoms with E-state index in [1.54, 1.807) is 19.2 Å². The summed E-state index contributed by atoms with van der Waals surface area (Å²) < 4.78 is 10.9. The molecule has 8 heteroatoms. The highest BCUT2D eigenvalue weighted by atomic mass is 79.9. The number of halogens is 1. The third-order valence-electron chi connectivity index (χ3n) is 2.45. The van der Waals surface area contributed by atoms with Gasteiger partial charge in [0.25, 0.3) is 0 Å². The number of furan rings is 1. The second-order valence-electron chi connectivity index (χ2n) is 3.94. The molecule has 7 nitrogen and oxygen atoms in total. The summed E-state index contributed by atoms with van der Waals surface area (Å²) >= 11 is 3.21. The highest BCUT2D eigenvalue weighted by molar-refractivity contribution is 9.10. The first-order chi connectivity index (χ1) is 9.58. The van der Waals surface area contributed by atoms with Crippen molar-refractivity contribution in [2.75, 3.05) is 19.5 Å². The van der Waals surface area contributed by atoms with Crippen LogP contribution in [0, 0.1) is 0 Å². The fraction of sp³-hybridized carbons (Fsp3) is 0.250. The summed E-state index contributed by atoms with van der Waals surface area (Å²) in [5.41, 5.74) is 0. The molecule has 0 saturated carbocycles. The molecule has 0 aliphatic carbocycles. The second kappa shape index (κ2) is 6.38. The summed E-state index contributed by atoms with van der Waals surface area (Å²) in [6.07, 6.45) is 1.32. The number of hydrogen-bond donors (Lipinski definition) is 1. The van der Waals surface area contributed by atoms with E-state index in [0.29, 0.717) is 28.7 Å². The Morgan fingerprint density at radius 1 is 1.50 bits per heavy atom. The third kappa shape index (κ3) is 3.70. The van der Waals surface area contributed by atoms with Crippen LogP contribution in [0.5, 0.6) is 5.88 Å². The molecular formula is C12H13BrN4O3. The summed E-state index contributed by atoms with van der Waals surface area (Å²) in [7, 11) is 3.15. The molecule has 20 heavy (non-hydrogen) atoms. The topological polar surface area (TPSA) is 80.5 Å². The molecule has 0 saturated heterocycles. The van der Waals surface area contributed by atoms with Gasteiger partial charge < -0.3 is 14.1 Å². The van der Waals surface area contributed by atoms with Gasteiger partial charge in [0.2, 0.25) is 5.88 Å². The molecule has 0 spiro atoms. The van der Waals surface area contributed by atoms with Gasteiger partial charge in [-0.1, -0.05) is 0 Å². The van der Waals surface area contributed by atoms with Gasteiger partial charge in [0, 0.05) is 13.1 Å². The van der Waals surface area contributed by atoms with Crippen LogP contribution in [0.15, 0.2) is 33.6 Å². The minimum absolute atomic E-state index is 0.307. The third-order valence-corrected chi connectivity index (χ3v) is 2.88. The summed E-state index contributed by atoms with van der Waals surface area (Å²) in [6, 6.07) is 4.80. The van der Waals surface area contributed by atoms with Crippen LogP contribution in [0.25, 0.3) is 0 Å². The van der Waals surface area contributed by atoms with E-state index in [1.165, 1.54) is 24.4 Å². The SMILES string of the molecule is COc1cc(NC(=O)N(C)Cc2ccc(Br)o2)ncn1. The fourth-order valence-electron chi connectivity index (χ4n) is 1.47. The van der Waals surface area contributed by atoms with Gasteiger partial charge in [-0.15, -0.1) is 0 Å². The lowest BCUT2D eigenvalue weighted by atomic mass is 10.4. The molecule has 0 bridgehead atoms. The Bertz CT molecular complexity index is 602. The van der Waals surface area contributed by atoms with Crippen molar-refractivity contribution in [2.45, 2.75) is 6.54 Å².